The van der Waals surface area contributed by atoms with Crippen LogP contribution in [0.4, 0.5) is 8.78 Å². The first-order chi connectivity index (χ1) is 7.16. The molecule has 0 fully saturated rings. The maximum Gasteiger partial charge on any atom is 0.132 e. The Balaban J connectivity index is 2.54. The van der Waals surface area contributed by atoms with Crippen molar-refractivity contribution in [3.63, 3.8) is 0 Å². The summed E-state index contributed by atoms with van der Waals surface area (Å²) in [6, 6.07) is 10.6. The predicted octanol–water partition coefficient (Wildman–Crippen LogP) is 4.39. The molecule has 0 amide bonds. The Morgan fingerprint density at radius 3 is 2.40 bits per heavy atom. The summed E-state index contributed by atoms with van der Waals surface area (Å²) >= 11 is 3.17. The first-order valence-electron chi connectivity index (χ1n) is 4.38. The number of hydrogen-bond acceptors (Lipinski definition) is 0. The second-order valence-corrected chi connectivity index (χ2v) is 4.05. The maximum absolute atomic E-state index is 13.5. The van der Waals surface area contributed by atoms with Gasteiger partial charge in [-0.1, -0.05) is 34.1 Å². The van der Waals surface area contributed by atoms with Gasteiger partial charge < -0.3 is 0 Å². The van der Waals surface area contributed by atoms with Gasteiger partial charge in [0.05, 0.1) is 0 Å². The smallest absolute Gasteiger partial charge is 0.132 e. The van der Waals surface area contributed by atoms with Crippen molar-refractivity contribution >= 4 is 15.9 Å². The SMILES string of the molecule is Fc1cccc(-c2ccc(Br)cc2F)c1. The van der Waals surface area contributed by atoms with Crippen LogP contribution in [0.2, 0.25) is 0 Å². The molecule has 0 N–H and O–H groups in total. The van der Waals surface area contributed by atoms with E-state index in [1.807, 2.05) is 0 Å². The fourth-order valence-corrected chi connectivity index (χ4v) is 1.71. The third kappa shape index (κ3) is 2.23. The highest BCUT2D eigenvalue weighted by molar-refractivity contribution is 9.10. The van der Waals surface area contributed by atoms with Gasteiger partial charge in [-0.3, -0.25) is 0 Å². The molecule has 15 heavy (non-hydrogen) atoms. The van der Waals surface area contributed by atoms with E-state index in [0.29, 0.717) is 15.6 Å². The summed E-state index contributed by atoms with van der Waals surface area (Å²) in [6.07, 6.45) is 0. The first kappa shape index (κ1) is 10.3. The van der Waals surface area contributed by atoms with Crippen molar-refractivity contribution in [2.45, 2.75) is 0 Å². The molecule has 0 heterocycles. The molecule has 2 rings (SSSR count). The van der Waals surface area contributed by atoms with Crippen LogP contribution >= 0.6 is 15.9 Å². The lowest BCUT2D eigenvalue weighted by atomic mass is 10.1. The van der Waals surface area contributed by atoms with E-state index in [9.17, 15) is 8.78 Å². The summed E-state index contributed by atoms with van der Waals surface area (Å²) in [5, 5.41) is 0. The lowest BCUT2D eigenvalue weighted by Gasteiger charge is -2.03. The molecule has 0 saturated heterocycles. The van der Waals surface area contributed by atoms with Crippen LogP contribution in [-0.2, 0) is 0 Å². The highest BCUT2D eigenvalue weighted by Crippen LogP contribution is 2.25. The lowest BCUT2D eigenvalue weighted by Crippen LogP contribution is -1.85. The van der Waals surface area contributed by atoms with E-state index in [0.717, 1.165) is 0 Å². The number of rotatable bonds is 1. The molecule has 2 aromatic rings. The minimum atomic E-state index is -0.366. The van der Waals surface area contributed by atoms with Crippen molar-refractivity contribution in [2.24, 2.45) is 0 Å². The molecule has 0 unspecified atom stereocenters. The van der Waals surface area contributed by atoms with Gasteiger partial charge in [0.2, 0.25) is 0 Å². The van der Waals surface area contributed by atoms with Gasteiger partial charge in [-0.05, 0) is 29.8 Å². The summed E-state index contributed by atoms with van der Waals surface area (Å²) in [6.45, 7) is 0. The zero-order valence-electron chi connectivity index (χ0n) is 7.68. The molecule has 0 aliphatic rings. The first-order valence-corrected chi connectivity index (χ1v) is 5.17. The van der Waals surface area contributed by atoms with Gasteiger partial charge in [0, 0.05) is 10.0 Å². The average Bonchev–Trinajstić information content (AvgIpc) is 2.17. The van der Waals surface area contributed by atoms with Crippen LogP contribution in [0, 0.1) is 11.6 Å². The molecule has 0 saturated carbocycles. The molecule has 0 atom stereocenters. The molecule has 2 aromatic carbocycles. The van der Waals surface area contributed by atoms with Crippen molar-refractivity contribution in [3.8, 4) is 11.1 Å². The molecule has 0 nitrogen and oxygen atoms in total. The van der Waals surface area contributed by atoms with Gasteiger partial charge in [-0.15, -0.1) is 0 Å². The lowest BCUT2D eigenvalue weighted by molar-refractivity contribution is 0.624. The summed E-state index contributed by atoms with van der Waals surface area (Å²) in [5.41, 5.74) is 0.942. The molecule has 0 aliphatic heterocycles. The quantitative estimate of drug-likeness (QED) is 0.720. The van der Waals surface area contributed by atoms with Gasteiger partial charge in [0.15, 0.2) is 0 Å². The molecule has 3 heteroatoms. The summed E-state index contributed by atoms with van der Waals surface area (Å²) in [4.78, 5) is 0. The summed E-state index contributed by atoms with van der Waals surface area (Å²) in [5.74, 6) is -0.732. The number of halogens is 3. The fourth-order valence-electron chi connectivity index (χ4n) is 1.38. The van der Waals surface area contributed by atoms with Gasteiger partial charge in [0.1, 0.15) is 11.6 Å². The van der Waals surface area contributed by atoms with Gasteiger partial charge >= 0.3 is 0 Å². The van der Waals surface area contributed by atoms with Crippen molar-refractivity contribution in [1.82, 2.24) is 0 Å². The largest absolute Gasteiger partial charge is 0.207 e. The van der Waals surface area contributed by atoms with E-state index in [4.69, 9.17) is 0 Å². The van der Waals surface area contributed by atoms with E-state index >= 15 is 0 Å². The van der Waals surface area contributed by atoms with Gasteiger partial charge in [-0.25, -0.2) is 8.78 Å². The minimum absolute atomic E-state index is 0.366. The van der Waals surface area contributed by atoms with Crippen molar-refractivity contribution in [2.75, 3.05) is 0 Å². The molecule has 0 aliphatic carbocycles. The highest BCUT2D eigenvalue weighted by Gasteiger charge is 2.05. The third-order valence-electron chi connectivity index (χ3n) is 2.07. The molecule has 76 valence electrons. The number of benzene rings is 2. The average molecular weight is 269 g/mol. The zero-order chi connectivity index (χ0) is 10.8. The highest BCUT2D eigenvalue weighted by atomic mass is 79.9. The predicted molar refractivity (Wildman–Crippen MR) is 59.5 cm³/mol. The van der Waals surface area contributed by atoms with Crippen molar-refractivity contribution in [1.29, 1.82) is 0 Å². The second-order valence-electron chi connectivity index (χ2n) is 3.13. The zero-order valence-corrected chi connectivity index (χ0v) is 9.26. The Morgan fingerprint density at radius 1 is 0.933 bits per heavy atom. The van der Waals surface area contributed by atoms with Crippen molar-refractivity contribution < 1.29 is 8.78 Å². The topological polar surface area (TPSA) is 0 Å². The van der Waals surface area contributed by atoms with Crippen LogP contribution < -0.4 is 0 Å². The molecule has 0 aromatic heterocycles. The molecular formula is C12H7BrF2. The Bertz CT molecular complexity index is 495. The third-order valence-corrected chi connectivity index (χ3v) is 2.56. The van der Waals surface area contributed by atoms with Crippen LogP contribution in [0.25, 0.3) is 11.1 Å². The van der Waals surface area contributed by atoms with E-state index in [2.05, 4.69) is 15.9 Å². The summed E-state index contributed by atoms with van der Waals surface area (Å²) in [7, 11) is 0. The van der Waals surface area contributed by atoms with E-state index < -0.39 is 0 Å². The van der Waals surface area contributed by atoms with E-state index in [-0.39, 0.29) is 11.6 Å². The molecule has 0 bridgehead atoms. The van der Waals surface area contributed by atoms with Gasteiger partial charge in [0.25, 0.3) is 0 Å². The summed E-state index contributed by atoms with van der Waals surface area (Å²) < 4.78 is 27.1. The van der Waals surface area contributed by atoms with Crippen LogP contribution in [-0.4, -0.2) is 0 Å². The molecule has 0 spiro atoms. The van der Waals surface area contributed by atoms with E-state index in [1.54, 1.807) is 24.3 Å². The second kappa shape index (κ2) is 4.11. The normalized spacial score (nSPS) is 10.3. The fraction of sp³-hybridized carbons (Fsp3) is 0. The minimum Gasteiger partial charge on any atom is -0.207 e. The van der Waals surface area contributed by atoms with Gasteiger partial charge in [-0.2, -0.15) is 0 Å². The van der Waals surface area contributed by atoms with Crippen LogP contribution in [0.15, 0.2) is 46.9 Å². The van der Waals surface area contributed by atoms with Crippen LogP contribution in [0.5, 0.6) is 0 Å². The monoisotopic (exact) mass is 268 g/mol. The standard InChI is InChI=1S/C12H7BrF2/c13-9-4-5-11(12(15)7-9)8-2-1-3-10(14)6-8/h1-7H. The van der Waals surface area contributed by atoms with Crippen LogP contribution in [0.1, 0.15) is 0 Å². The van der Waals surface area contributed by atoms with Crippen LogP contribution in [0.3, 0.4) is 0 Å². The Kier molecular flexibility index (Phi) is 2.82. The Morgan fingerprint density at radius 2 is 1.73 bits per heavy atom. The number of hydrogen-bond donors (Lipinski definition) is 0. The van der Waals surface area contributed by atoms with E-state index in [1.165, 1.54) is 18.2 Å². The van der Waals surface area contributed by atoms with Crippen molar-refractivity contribution in [3.05, 3.63) is 58.6 Å². The molecule has 0 radical (unpaired) electrons. The Labute approximate surface area is 94.7 Å². The molecular weight excluding hydrogens is 262 g/mol. The maximum atomic E-state index is 13.5. The Hall–Kier alpha value is -1.22.